The van der Waals surface area contributed by atoms with Crippen LogP contribution in [0.5, 0.6) is 0 Å². The Balaban J connectivity index is 1.50. The van der Waals surface area contributed by atoms with Crippen molar-refractivity contribution in [1.29, 1.82) is 0 Å². The summed E-state index contributed by atoms with van der Waals surface area (Å²) in [6.45, 7) is 9.82. The maximum atomic E-state index is 13.2. The normalized spacial score (nSPS) is 19.3. The Morgan fingerprint density at radius 2 is 1.83 bits per heavy atom. The molecule has 1 saturated heterocycles. The molecule has 0 radical (unpaired) electrons. The lowest BCUT2D eigenvalue weighted by Gasteiger charge is -2.34. The Labute approximate surface area is 179 Å². The molecule has 5 heteroatoms. The molecule has 0 saturated carbocycles. The third-order valence-corrected chi connectivity index (χ3v) is 6.40. The van der Waals surface area contributed by atoms with Gasteiger partial charge in [0.1, 0.15) is 0 Å². The zero-order chi connectivity index (χ0) is 21.3. The van der Waals surface area contributed by atoms with Crippen molar-refractivity contribution in [2.45, 2.75) is 45.7 Å². The first kappa shape index (κ1) is 20.6. The summed E-state index contributed by atoms with van der Waals surface area (Å²) in [5.41, 5.74) is 4.77. The number of nitrogens with zero attached hydrogens (tertiary/aromatic N) is 2. The molecule has 5 nitrogen and oxygen atoms in total. The van der Waals surface area contributed by atoms with Gasteiger partial charge in [-0.2, -0.15) is 0 Å². The predicted octanol–water partition coefficient (Wildman–Crippen LogP) is 3.58. The Bertz CT molecular complexity index is 936. The van der Waals surface area contributed by atoms with Crippen LogP contribution >= 0.6 is 0 Å². The van der Waals surface area contributed by atoms with Gasteiger partial charge in [-0.25, -0.2) is 0 Å². The van der Waals surface area contributed by atoms with Crippen molar-refractivity contribution in [1.82, 2.24) is 15.1 Å². The standard InChI is InChI=1S/C25H31N3O2/c1-4-26-24(29)19-7-5-18(6-8-19)20-9-10-23-21(15-20)11-14-28(25(23)30)22-12-13-27(16-22)17(2)3/h5-10,15,17,22H,4,11-14,16H2,1-3H3,(H,26,29)/t22-/m1/s1. The van der Waals surface area contributed by atoms with Gasteiger partial charge >= 0.3 is 0 Å². The van der Waals surface area contributed by atoms with Crippen LogP contribution in [0.2, 0.25) is 0 Å². The quantitative estimate of drug-likeness (QED) is 0.827. The van der Waals surface area contributed by atoms with Crippen molar-refractivity contribution in [3.63, 3.8) is 0 Å². The maximum absolute atomic E-state index is 13.2. The van der Waals surface area contributed by atoms with E-state index < -0.39 is 0 Å². The summed E-state index contributed by atoms with van der Waals surface area (Å²) in [7, 11) is 0. The minimum atomic E-state index is -0.0527. The first-order chi connectivity index (χ1) is 14.5. The Hall–Kier alpha value is -2.66. The van der Waals surface area contributed by atoms with Gasteiger partial charge in [0.15, 0.2) is 0 Å². The zero-order valence-corrected chi connectivity index (χ0v) is 18.1. The number of rotatable bonds is 5. The van der Waals surface area contributed by atoms with E-state index in [0.29, 0.717) is 24.2 Å². The fraction of sp³-hybridized carbons (Fsp3) is 0.440. The minimum absolute atomic E-state index is 0.0527. The molecule has 2 amide bonds. The Morgan fingerprint density at radius 3 is 2.50 bits per heavy atom. The highest BCUT2D eigenvalue weighted by atomic mass is 16.2. The SMILES string of the molecule is CCNC(=O)c1ccc(-c2ccc3c(c2)CCN([C@@H]2CCN(C(C)C)C2)C3=O)cc1. The molecule has 2 aromatic carbocycles. The number of hydrogen-bond acceptors (Lipinski definition) is 3. The van der Waals surface area contributed by atoms with Crippen molar-refractivity contribution < 1.29 is 9.59 Å². The van der Waals surface area contributed by atoms with Crippen LogP contribution in [0.3, 0.4) is 0 Å². The van der Waals surface area contributed by atoms with Gasteiger partial charge in [0.25, 0.3) is 11.8 Å². The van der Waals surface area contributed by atoms with Gasteiger partial charge in [-0.1, -0.05) is 24.3 Å². The molecule has 1 atom stereocenters. The van der Waals surface area contributed by atoms with Crippen LogP contribution in [0.4, 0.5) is 0 Å². The molecule has 2 aromatic rings. The fourth-order valence-electron chi connectivity index (χ4n) is 4.60. The summed E-state index contributed by atoms with van der Waals surface area (Å²) >= 11 is 0. The van der Waals surface area contributed by atoms with E-state index in [0.717, 1.165) is 54.7 Å². The lowest BCUT2D eigenvalue weighted by Crippen LogP contribution is -2.46. The van der Waals surface area contributed by atoms with Crippen LogP contribution < -0.4 is 5.32 Å². The highest BCUT2D eigenvalue weighted by molar-refractivity contribution is 5.98. The molecule has 0 aromatic heterocycles. The van der Waals surface area contributed by atoms with Crippen LogP contribution in [0.15, 0.2) is 42.5 Å². The van der Waals surface area contributed by atoms with Crippen LogP contribution in [0.25, 0.3) is 11.1 Å². The van der Waals surface area contributed by atoms with E-state index in [-0.39, 0.29) is 11.8 Å². The minimum Gasteiger partial charge on any atom is -0.352 e. The van der Waals surface area contributed by atoms with Crippen molar-refractivity contribution in [2.75, 3.05) is 26.2 Å². The van der Waals surface area contributed by atoms with Gasteiger partial charge in [-0.05, 0) is 68.5 Å². The molecule has 0 spiro atoms. The number of likely N-dealkylation sites (tertiary alicyclic amines) is 1. The molecule has 158 valence electrons. The van der Waals surface area contributed by atoms with Crippen molar-refractivity contribution in [2.24, 2.45) is 0 Å². The second kappa shape index (κ2) is 8.60. The van der Waals surface area contributed by atoms with Crippen LogP contribution in [0.1, 0.15) is 53.5 Å². The van der Waals surface area contributed by atoms with E-state index in [4.69, 9.17) is 0 Å². The molecule has 2 aliphatic rings. The number of fused-ring (bicyclic) bond motifs is 1. The second-order valence-corrected chi connectivity index (χ2v) is 8.59. The zero-order valence-electron chi connectivity index (χ0n) is 18.1. The maximum Gasteiger partial charge on any atom is 0.254 e. The highest BCUT2D eigenvalue weighted by Crippen LogP contribution is 2.29. The van der Waals surface area contributed by atoms with E-state index in [9.17, 15) is 9.59 Å². The highest BCUT2D eigenvalue weighted by Gasteiger charge is 2.34. The van der Waals surface area contributed by atoms with Gasteiger partial charge < -0.3 is 10.2 Å². The van der Waals surface area contributed by atoms with E-state index in [1.807, 2.05) is 43.3 Å². The first-order valence-electron chi connectivity index (χ1n) is 11.0. The summed E-state index contributed by atoms with van der Waals surface area (Å²) in [4.78, 5) is 29.7. The molecule has 0 unspecified atom stereocenters. The van der Waals surface area contributed by atoms with E-state index >= 15 is 0 Å². The Morgan fingerprint density at radius 1 is 1.10 bits per heavy atom. The lowest BCUT2D eigenvalue weighted by molar-refractivity contribution is 0.0660. The van der Waals surface area contributed by atoms with Crippen LogP contribution in [-0.2, 0) is 6.42 Å². The summed E-state index contributed by atoms with van der Waals surface area (Å²) in [6, 6.07) is 14.7. The van der Waals surface area contributed by atoms with E-state index in [1.54, 1.807) is 0 Å². The third-order valence-electron chi connectivity index (χ3n) is 6.40. The largest absolute Gasteiger partial charge is 0.352 e. The van der Waals surface area contributed by atoms with E-state index in [1.165, 1.54) is 0 Å². The molecular weight excluding hydrogens is 374 g/mol. The molecule has 4 rings (SSSR count). The van der Waals surface area contributed by atoms with Gasteiger partial charge in [0, 0.05) is 49.4 Å². The van der Waals surface area contributed by atoms with Gasteiger partial charge in [-0.3, -0.25) is 14.5 Å². The molecule has 1 N–H and O–H groups in total. The number of amides is 2. The molecule has 2 heterocycles. The first-order valence-corrected chi connectivity index (χ1v) is 11.0. The van der Waals surface area contributed by atoms with Gasteiger partial charge in [-0.15, -0.1) is 0 Å². The lowest BCUT2D eigenvalue weighted by atomic mass is 9.93. The summed E-state index contributed by atoms with van der Waals surface area (Å²) in [5.74, 6) is 0.119. The average molecular weight is 406 g/mol. The predicted molar refractivity (Wildman–Crippen MR) is 120 cm³/mol. The van der Waals surface area contributed by atoms with Gasteiger partial charge in [0.05, 0.1) is 0 Å². The summed E-state index contributed by atoms with van der Waals surface area (Å²) in [5, 5.41) is 2.82. The Kier molecular flexibility index (Phi) is 5.91. The van der Waals surface area contributed by atoms with E-state index in [2.05, 4.69) is 35.0 Å². The molecule has 1 fully saturated rings. The molecule has 30 heavy (non-hydrogen) atoms. The number of carbonyl (C=O) groups excluding carboxylic acids is 2. The van der Waals surface area contributed by atoms with Crippen molar-refractivity contribution in [3.8, 4) is 11.1 Å². The number of carbonyl (C=O) groups is 2. The fourth-order valence-corrected chi connectivity index (χ4v) is 4.60. The molecule has 2 aliphatic heterocycles. The van der Waals surface area contributed by atoms with Gasteiger partial charge in [0.2, 0.25) is 0 Å². The smallest absolute Gasteiger partial charge is 0.254 e. The molecular formula is C25H31N3O2. The third kappa shape index (κ3) is 3.99. The number of nitrogens with one attached hydrogen (secondary N) is 1. The molecule has 0 bridgehead atoms. The number of benzene rings is 2. The monoisotopic (exact) mass is 405 g/mol. The average Bonchev–Trinajstić information content (AvgIpc) is 3.24. The second-order valence-electron chi connectivity index (χ2n) is 8.59. The topological polar surface area (TPSA) is 52.7 Å². The van der Waals surface area contributed by atoms with Crippen molar-refractivity contribution in [3.05, 3.63) is 59.2 Å². The number of hydrogen-bond donors (Lipinski definition) is 1. The summed E-state index contributed by atoms with van der Waals surface area (Å²) in [6.07, 6.45) is 1.96. The van der Waals surface area contributed by atoms with Crippen molar-refractivity contribution >= 4 is 11.8 Å². The van der Waals surface area contributed by atoms with Crippen LogP contribution in [0, 0.1) is 0 Å². The summed E-state index contributed by atoms with van der Waals surface area (Å²) < 4.78 is 0. The van der Waals surface area contributed by atoms with Crippen LogP contribution in [-0.4, -0.2) is 59.9 Å². The molecule has 0 aliphatic carbocycles.